The minimum atomic E-state index is -0.391. The van der Waals surface area contributed by atoms with Gasteiger partial charge in [-0.1, -0.05) is 31.2 Å². The minimum Gasteiger partial charge on any atom is -0.493 e. The third-order valence-electron chi connectivity index (χ3n) is 4.95. The highest BCUT2D eigenvalue weighted by molar-refractivity contribution is 6.31. The van der Waals surface area contributed by atoms with Gasteiger partial charge in [-0.2, -0.15) is 0 Å². The number of fused-ring (bicyclic) bond motifs is 1. The summed E-state index contributed by atoms with van der Waals surface area (Å²) in [5, 5.41) is 4.66. The van der Waals surface area contributed by atoms with E-state index in [9.17, 15) is 9.59 Å². The van der Waals surface area contributed by atoms with Gasteiger partial charge < -0.3 is 10.1 Å². The number of hydrogen-bond acceptors (Lipinski definition) is 4. The zero-order chi connectivity index (χ0) is 19.5. The second-order valence-electron chi connectivity index (χ2n) is 6.86. The predicted molar refractivity (Wildman–Crippen MR) is 108 cm³/mol. The first-order valence-corrected chi connectivity index (χ1v) is 9.59. The highest BCUT2D eigenvalue weighted by Crippen LogP contribution is 2.31. The fourth-order valence-corrected chi connectivity index (χ4v) is 3.55. The van der Waals surface area contributed by atoms with Crippen molar-refractivity contribution in [1.29, 1.82) is 0 Å². The summed E-state index contributed by atoms with van der Waals surface area (Å²) in [5.74, 6) is 0.159. The molecule has 1 saturated heterocycles. The van der Waals surface area contributed by atoms with Crippen LogP contribution in [0.1, 0.15) is 30.0 Å². The van der Waals surface area contributed by atoms with E-state index >= 15 is 0 Å². The topological polar surface area (TPSA) is 70.7 Å². The lowest BCUT2D eigenvalue weighted by Gasteiger charge is -2.22. The molecular formula is C22H23N3O3. The molecule has 0 aromatic heterocycles. The Bertz CT molecular complexity index is 938. The molecule has 28 heavy (non-hydrogen) atoms. The molecule has 1 fully saturated rings. The summed E-state index contributed by atoms with van der Waals surface area (Å²) >= 11 is 0. The van der Waals surface area contributed by atoms with Gasteiger partial charge in [0.05, 0.1) is 12.3 Å². The summed E-state index contributed by atoms with van der Waals surface area (Å²) in [4.78, 5) is 25.3. The molecule has 2 aliphatic rings. The Balaban J connectivity index is 1.69. The normalized spacial score (nSPS) is 17.6. The Morgan fingerprint density at radius 2 is 1.93 bits per heavy atom. The van der Waals surface area contributed by atoms with E-state index in [0.717, 1.165) is 41.8 Å². The third kappa shape index (κ3) is 3.39. The summed E-state index contributed by atoms with van der Waals surface area (Å²) in [5.41, 5.74) is 6.54. The van der Waals surface area contributed by atoms with E-state index in [1.807, 2.05) is 30.3 Å². The van der Waals surface area contributed by atoms with Crippen LogP contribution >= 0.6 is 0 Å². The van der Waals surface area contributed by atoms with Gasteiger partial charge in [0, 0.05) is 12.1 Å². The van der Waals surface area contributed by atoms with Gasteiger partial charge in [-0.05, 0) is 54.8 Å². The molecule has 2 aliphatic heterocycles. The molecule has 0 atom stereocenters. The number of hydrogen-bond donors (Lipinski definition) is 2. The van der Waals surface area contributed by atoms with Crippen LogP contribution in [0.15, 0.2) is 48.0 Å². The molecule has 2 aromatic rings. The van der Waals surface area contributed by atoms with Crippen molar-refractivity contribution < 1.29 is 14.3 Å². The van der Waals surface area contributed by atoms with Crippen molar-refractivity contribution in [2.45, 2.75) is 26.3 Å². The van der Waals surface area contributed by atoms with Crippen molar-refractivity contribution in [2.24, 2.45) is 0 Å². The molecule has 0 saturated carbocycles. The van der Waals surface area contributed by atoms with Crippen LogP contribution in [0.25, 0.3) is 6.08 Å². The molecule has 0 aliphatic carbocycles. The minimum absolute atomic E-state index is 0.138. The number of nitrogens with one attached hydrogen (secondary N) is 2. The molecule has 6 nitrogen and oxygen atoms in total. The van der Waals surface area contributed by atoms with Crippen molar-refractivity contribution >= 4 is 23.6 Å². The van der Waals surface area contributed by atoms with Crippen molar-refractivity contribution in [3.63, 3.8) is 0 Å². The van der Waals surface area contributed by atoms with Crippen LogP contribution in [-0.2, 0) is 22.6 Å². The summed E-state index contributed by atoms with van der Waals surface area (Å²) in [6.45, 7) is 4.33. The first-order chi connectivity index (χ1) is 13.7. The molecule has 0 radical (unpaired) electrons. The molecule has 0 unspecified atom stereocenters. The van der Waals surface area contributed by atoms with Gasteiger partial charge in [-0.25, -0.2) is 5.01 Å². The van der Waals surface area contributed by atoms with Gasteiger partial charge in [0.25, 0.3) is 11.8 Å². The Morgan fingerprint density at radius 3 is 2.71 bits per heavy atom. The smallest absolute Gasteiger partial charge is 0.282 e. The molecule has 2 aromatic carbocycles. The Labute approximate surface area is 164 Å². The lowest BCUT2D eigenvalue weighted by molar-refractivity contribution is -0.117. The van der Waals surface area contributed by atoms with Gasteiger partial charge in [0.15, 0.2) is 0 Å². The van der Waals surface area contributed by atoms with Gasteiger partial charge >= 0.3 is 0 Å². The quantitative estimate of drug-likeness (QED) is 0.621. The Kier molecular flexibility index (Phi) is 5.12. The highest BCUT2D eigenvalue weighted by atomic mass is 16.5. The van der Waals surface area contributed by atoms with Gasteiger partial charge in [-0.15, -0.1) is 0 Å². The number of amides is 2. The third-order valence-corrected chi connectivity index (χ3v) is 4.95. The van der Waals surface area contributed by atoms with Crippen LogP contribution < -0.4 is 20.5 Å². The molecule has 2 heterocycles. The number of rotatable bonds is 5. The van der Waals surface area contributed by atoms with Crippen molar-refractivity contribution in [3.8, 4) is 5.75 Å². The van der Waals surface area contributed by atoms with E-state index in [1.54, 1.807) is 18.2 Å². The number of para-hydroxylation sites is 1. The monoisotopic (exact) mass is 377 g/mol. The van der Waals surface area contributed by atoms with E-state index in [2.05, 4.69) is 17.7 Å². The highest BCUT2D eigenvalue weighted by Gasteiger charge is 2.34. The fraction of sp³-hybridized carbons (Fsp3) is 0.273. The molecule has 0 spiro atoms. The maximum Gasteiger partial charge on any atom is 0.282 e. The van der Waals surface area contributed by atoms with Crippen LogP contribution in [-0.4, -0.2) is 25.0 Å². The number of anilines is 1. The lowest BCUT2D eigenvalue weighted by Crippen LogP contribution is -2.35. The zero-order valence-corrected chi connectivity index (χ0v) is 15.8. The van der Waals surface area contributed by atoms with Crippen molar-refractivity contribution in [3.05, 3.63) is 64.7 Å². The number of benzene rings is 2. The number of nitrogens with zero attached hydrogens (tertiary/aromatic N) is 1. The molecular weight excluding hydrogens is 354 g/mol. The summed E-state index contributed by atoms with van der Waals surface area (Å²) in [7, 11) is 0. The molecule has 4 rings (SSSR count). The summed E-state index contributed by atoms with van der Waals surface area (Å²) in [6.07, 6.45) is 3.50. The average molecular weight is 377 g/mol. The van der Waals surface area contributed by atoms with Gasteiger partial charge in [0.2, 0.25) is 0 Å². The van der Waals surface area contributed by atoms with E-state index < -0.39 is 5.91 Å². The van der Waals surface area contributed by atoms with Crippen molar-refractivity contribution in [1.82, 2.24) is 10.7 Å². The first-order valence-electron chi connectivity index (χ1n) is 9.59. The average Bonchev–Trinajstić information content (AvgIpc) is 3.02. The van der Waals surface area contributed by atoms with E-state index in [-0.39, 0.29) is 11.5 Å². The Hall–Kier alpha value is -3.12. The SMILES string of the molecule is CCCOc1ccc(C=C2C(=O)NN(c3ccccc3)C2=O)c2c1CCNC2. The molecule has 144 valence electrons. The maximum absolute atomic E-state index is 12.8. The number of hydrazine groups is 1. The van der Waals surface area contributed by atoms with Crippen molar-refractivity contribution in [2.75, 3.05) is 18.2 Å². The van der Waals surface area contributed by atoms with Crippen LogP contribution in [0.2, 0.25) is 0 Å². The van der Waals surface area contributed by atoms with Crippen LogP contribution in [0.3, 0.4) is 0 Å². The predicted octanol–water partition coefficient (Wildman–Crippen LogP) is 2.58. The van der Waals surface area contributed by atoms with Crippen LogP contribution in [0, 0.1) is 0 Å². The standard InChI is InChI=1S/C22H23N3O3/c1-2-12-28-20-9-8-15(19-14-23-11-10-17(19)20)13-18-21(26)24-25(22(18)27)16-6-4-3-5-7-16/h3-9,13,23H,2,10-12,14H2,1H3,(H,24,26). The number of carbonyl (C=O) groups excluding carboxylic acids is 2. The largest absolute Gasteiger partial charge is 0.493 e. The number of ether oxygens (including phenoxy) is 1. The van der Waals surface area contributed by atoms with E-state index in [1.165, 1.54) is 5.01 Å². The fourth-order valence-electron chi connectivity index (χ4n) is 3.55. The van der Waals surface area contributed by atoms with Gasteiger partial charge in [-0.3, -0.25) is 15.0 Å². The van der Waals surface area contributed by atoms with E-state index in [0.29, 0.717) is 18.8 Å². The molecule has 2 N–H and O–H groups in total. The number of carbonyl (C=O) groups is 2. The first kappa shape index (κ1) is 18.3. The molecule has 0 bridgehead atoms. The second-order valence-corrected chi connectivity index (χ2v) is 6.86. The van der Waals surface area contributed by atoms with E-state index in [4.69, 9.17) is 4.74 Å². The molecule has 2 amide bonds. The zero-order valence-electron chi connectivity index (χ0n) is 15.8. The summed E-state index contributed by atoms with van der Waals surface area (Å²) in [6, 6.07) is 13.0. The van der Waals surface area contributed by atoms with Gasteiger partial charge in [0.1, 0.15) is 11.3 Å². The second kappa shape index (κ2) is 7.86. The summed E-state index contributed by atoms with van der Waals surface area (Å²) < 4.78 is 5.89. The maximum atomic E-state index is 12.8. The van der Waals surface area contributed by atoms with Crippen LogP contribution in [0.5, 0.6) is 5.75 Å². The lowest BCUT2D eigenvalue weighted by atomic mass is 9.93. The van der Waals surface area contributed by atoms with Crippen LogP contribution in [0.4, 0.5) is 5.69 Å². The molecule has 6 heteroatoms. The Morgan fingerprint density at radius 1 is 1.11 bits per heavy atom.